The van der Waals surface area contributed by atoms with E-state index < -0.39 is 0 Å². The second kappa shape index (κ2) is 5.76. The second-order valence-electron chi connectivity index (χ2n) is 4.08. The molecule has 0 aromatic heterocycles. The standard InChI is InChI=1S/C12H12ClFN4O/c13-9-1-2-11(10(14)7-9)17-3-5-18(6-4-17)12(19)16-8-15/h1-2,7H,3-6H2,(H,16,19). The molecule has 0 bridgehead atoms. The fourth-order valence-electron chi connectivity index (χ4n) is 2.00. The molecule has 5 nitrogen and oxygen atoms in total. The molecule has 0 radical (unpaired) electrons. The molecule has 1 fully saturated rings. The first kappa shape index (κ1) is 13.4. The van der Waals surface area contributed by atoms with E-state index in [9.17, 15) is 9.50 Å². The van der Waals surface area contributed by atoms with Gasteiger partial charge in [-0.1, -0.05) is 11.6 Å². The largest absolute Gasteiger partial charge is 0.480 e. The molecule has 0 unspecified atom stereocenters. The van der Waals surface area contributed by atoms with E-state index in [0.717, 1.165) is 0 Å². The lowest BCUT2D eigenvalue weighted by atomic mass is 10.2. The van der Waals surface area contributed by atoms with Crippen molar-refractivity contribution in [3.05, 3.63) is 29.0 Å². The fourth-order valence-corrected chi connectivity index (χ4v) is 2.16. The van der Waals surface area contributed by atoms with Gasteiger partial charge in [0.1, 0.15) is 5.82 Å². The number of nitrogens with zero attached hydrogens (tertiary/aromatic N) is 4. The molecule has 1 saturated heterocycles. The molecule has 0 saturated carbocycles. The van der Waals surface area contributed by atoms with Gasteiger partial charge in [0, 0.05) is 31.2 Å². The number of amidine groups is 1. The lowest BCUT2D eigenvalue weighted by Crippen LogP contribution is -2.49. The lowest BCUT2D eigenvalue weighted by molar-refractivity contribution is 0.313. The summed E-state index contributed by atoms with van der Waals surface area (Å²) in [6, 6.07) is 4.26. The van der Waals surface area contributed by atoms with Crippen molar-refractivity contribution >= 4 is 23.3 Å². The summed E-state index contributed by atoms with van der Waals surface area (Å²) >= 11 is 5.71. The lowest BCUT2D eigenvalue weighted by Gasteiger charge is -2.35. The highest BCUT2D eigenvalue weighted by molar-refractivity contribution is 6.30. The van der Waals surface area contributed by atoms with Crippen molar-refractivity contribution in [2.24, 2.45) is 4.99 Å². The van der Waals surface area contributed by atoms with Crippen molar-refractivity contribution in [2.45, 2.75) is 0 Å². The molecule has 0 amide bonds. The van der Waals surface area contributed by atoms with Crippen LogP contribution in [0.4, 0.5) is 10.1 Å². The maximum Gasteiger partial charge on any atom is 0.300 e. The van der Waals surface area contributed by atoms with Crippen LogP contribution in [0.5, 0.6) is 0 Å². The van der Waals surface area contributed by atoms with Gasteiger partial charge in [-0.2, -0.15) is 5.26 Å². The van der Waals surface area contributed by atoms with E-state index in [1.54, 1.807) is 17.0 Å². The van der Waals surface area contributed by atoms with E-state index in [2.05, 4.69) is 4.99 Å². The van der Waals surface area contributed by atoms with Gasteiger partial charge in [0.25, 0.3) is 6.02 Å². The number of hydrogen-bond acceptors (Lipinski definition) is 3. The smallest absolute Gasteiger partial charge is 0.300 e. The highest BCUT2D eigenvalue weighted by Gasteiger charge is 2.21. The average molecular weight is 283 g/mol. The van der Waals surface area contributed by atoms with Crippen LogP contribution in [0.3, 0.4) is 0 Å². The van der Waals surface area contributed by atoms with E-state index in [4.69, 9.17) is 16.9 Å². The summed E-state index contributed by atoms with van der Waals surface area (Å²) in [4.78, 5) is 6.71. The normalized spacial score (nSPS) is 16.4. The second-order valence-corrected chi connectivity index (χ2v) is 4.52. The van der Waals surface area contributed by atoms with E-state index in [-0.39, 0.29) is 11.8 Å². The van der Waals surface area contributed by atoms with Crippen molar-refractivity contribution in [1.82, 2.24) is 4.90 Å². The Labute approximate surface area is 115 Å². The third-order valence-corrected chi connectivity index (χ3v) is 3.20. The highest BCUT2D eigenvalue weighted by atomic mass is 35.5. The number of halogens is 2. The number of anilines is 1. The Bertz CT molecular complexity index is 535. The molecule has 2 rings (SSSR count). The Morgan fingerprint density at radius 3 is 2.63 bits per heavy atom. The Hall–Kier alpha value is -2.00. The van der Waals surface area contributed by atoms with E-state index in [1.165, 1.54) is 12.3 Å². The van der Waals surface area contributed by atoms with Crippen LogP contribution in [-0.2, 0) is 0 Å². The van der Waals surface area contributed by atoms with Gasteiger partial charge in [-0.25, -0.2) is 4.39 Å². The zero-order valence-electron chi connectivity index (χ0n) is 10.1. The third kappa shape index (κ3) is 3.06. The van der Waals surface area contributed by atoms with Gasteiger partial charge in [-0.05, 0) is 18.2 Å². The highest BCUT2D eigenvalue weighted by Crippen LogP contribution is 2.23. The molecule has 7 heteroatoms. The van der Waals surface area contributed by atoms with Crippen molar-refractivity contribution in [1.29, 1.82) is 5.26 Å². The van der Waals surface area contributed by atoms with Gasteiger partial charge >= 0.3 is 0 Å². The minimum absolute atomic E-state index is 0.293. The molecule has 100 valence electrons. The number of hydrogen-bond donors (Lipinski definition) is 1. The van der Waals surface area contributed by atoms with Crippen LogP contribution < -0.4 is 4.90 Å². The quantitative estimate of drug-likeness (QED) is 0.486. The number of benzene rings is 1. The van der Waals surface area contributed by atoms with Gasteiger partial charge < -0.3 is 14.9 Å². The third-order valence-electron chi connectivity index (χ3n) is 2.96. The van der Waals surface area contributed by atoms with Crippen LogP contribution in [0.15, 0.2) is 23.2 Å². The van der Waals surface area contributed by atoms with E-state index in [1.807, 2.05) is 4.90 Å². The van der Waals surface area contributed by atoms with Crippen LogP contribution >= 0.6 is 11.6 Å². The maximum absolute atomic E-state index is 13.8. The Balaban J connectivity index is 2.04. The summed E-state index contributed by atoms with van der Waals surface area (Å²) in [5, 5.41) is 18.2. The van der Waals surface area contributed by atoms with Crippen LogP contribution in [0.2, 0.25) is 5.02 Å². The first-order valence-corrected chi connectivity index (χ1v) is 6.10. The molecule has 0 atom stereocenters. The van der Waals surface area contributed by atoms with Gasteiger partial charge in [0.2, 0.25) is 6.19 Å². The maximum atomic E-state index is 13.8. The molecule has 0 aliphatic carbocycles. The van der Waals surface area contributed by atoms with Crippen molar-refractivity contribution in [3.63, 3.8) is 0 Å². The average Bonchev–Trinajstić information content (AvgIpc) is 2.39. The molecule has 1 aliphatic rings. The predicted molar refractivity (Wildman–Crippen MR) is 70.9 cm³/mol. The van der Waals surface area contributed by atoms with Crippen LogP contribution in [0.1, 0.15) is 0 Å². The first-order chi connectivity index (χ1) is 9.11. The number of aliphatic hydroxyl groups excluding tert-OH is 1. The number of rotatable bonds is 1. The number of aliphatic hydroxyl groups is 1. The SMILES string of the molecule is N#C/N=C(/O)N1CCN(c2ccc(Cl)cc2F)CC1. The minimum Gasteiger partial charge on any atom is -0.480 e. The van der Waals surface area contributed by atoms with Gasteiger partial charge in [0.15, 0.2) is 0 Å². The summed E-state index contributed by atoms with van der Waals surface area (Å²) in [7, 11) is 0. The van der Waals surface area contributed by atoms with Crippen LogP contribution in [0, 0.1) is 17.3 Å². The topological polar surface area (TPSA) is 62.9 Å². The fraction of sp³-hybridized carbons (Fsp3) is 0.333. The first-order valence-electron chi connectivity index (χ1n) is 5.72. The van der Waals surface area contributed by atoms with E-state index in [0.29, 0.717) is 36.9 Å². The molecule has 19 heavy (non-hydrogen) atoms. The zero-order chi connectivity index (χ0) is 13.8. The van der Waals surface area contributed by atoms with Gasteiger partial charge in [-0.3, -0.25) is 0 Å². The molecule has 1 aliphatic heterocycles. The van der Waals surface area contributed by atoms with Crippen LogP contribution in [0.25, 0.3) is 0 Å². The summed E-state index contributed by atoms with van der Waals surface area (Å²) < 4.78 is 13.8. The number of nitriles is 1. The number of piperazine rings is 1. The van der Waals surface area contributed by atoms with Crippen molar-refractivity contribution in [3.8, 4) is 6.19 Å². The Morgan fingerprint density at radius 1 is 1.37 bits per heavy atom. The van der Waals surface area contributed by atoms with Gasteiger partial charge in [-0.15, -0.1) is 4.99 Å². The predicted octanol–water partition coefficient (Wildman–Crippen LogP) is 2.00. The number of aliphatic imine (C=N–C) groups is 1. The van der Waals surface area contributed by atoms with Crippen molar-refractivity contribution < 1.29 is 9.50 Å². The summed E-state index contributed by atoms with van der Waals surface area (Å²) in [6.07, 6.45) is 1.53. The molecule has 1 heterocycles. The molecule has 1 aromatic carbocycles. The molecular formula is C12H12ClFN4O. The minimum atomic E-state index is -0.365. The molecule has 1 aromatic rings. The monoisotopic (exact) mass is 282 g/mol. The van der Waals surface area contributed by atoms with Crippen LogP contribution in [-0.4, -0.2) is 42.2 Å². The molecule has 1 N–H and O–H groups in total. The summed E-state index contributed by atoms with van der Waals surface area (Å²) in [5.41, 5.74) is 0.487. The Morgan fingerprint density at radius 2 is 2.05 bits per heavy atom. The summed E-state index contributed by atoms with van der Waals surface area (Å²) in [6.45, 7) is 2.01. The van der Waals surface area contributed by atoms with Crippen molar-refractivity contribution in [2.75, 3.05) is 31.1 Å². The molecule has 0 spiro atoms. The van der Waals surface area contributed by atoms with Gasteiger partial charge in [0.05, 0.1) is 5.69 Å². The zero-order valence-corrected chi connectivity index (χ0v) is 10.8. The molecular weight excluding hydrogens is 271 g/mol. The van der Waals surface area contributed by atoms with E-state index >= 15 is 0 Å². The summed E-state index contributed by atoms with van der Waals surface area (Å²) in [5.74, 6) is -0.365. The Kier molecular flexibility index (Phi) is 4.07.